The van der Waals surface area contributed by atoms with Crippen LogP contribution < -0.4 is 10.6 Å². The zero-order chi connectivity index (χ0) is 27.3. The summed E-state index contributed by atoms with van der Waals surface area (Å²) in [7, 11) is 0. The number of rotatable bonds is 9. The Labute approximate surface area is 216 Å². The number of aliphatic hydroxyl groups is 5. The molecule has 0 spiro atoms. The third-order valence-corrected chi connectivity index (χ3v) is 6.65. The molecule has 10 nitrogen and oxygen atoms in total. The van der Waals surface area contributed by atoms with Gasteiger partial charge in [-0.3, -0.25) is 0 Å². The molecule has 1 saturated heterocycles. The van der Waals surface area contributed by atoms with Crippen molar-refractivity contribution in [1.29, 1.82) is 0 Å². The number of carbonyl (C=O) groups excluding carboxylic acids is 1. The van der Waals surface area contributed by atoms with E-state index in [9.17, 15) is 35.4 Å². The Morgan fingerprint density at radius 1 is 1.00 bits per heavy atom. The van der Waals surface area contributed by atoms with E-state index >= 15 is 0 Å². The highest BCUT2D eigenvalue weighted by molar-refractivity contribution is 5.74. The maximum atomic E-state index is 11.9. The van der Waals surface area contributed by atoms with E-state index in [1.807, 2.05) is 31.2 Å². The molecule has 2 aromatic carbocycles. The summed E-state index contributed by atoms with van der Waals surface area (Å²) in [6, 6.07) is 10.8. The normalized spacial score (nSPS) is 24.1. The van der Waals surface area contributed by atoms with E-state index in [2.05, 4.69) is 10.6 Å². The number of hydrogen-bond donors (Lipinski definition) is 8. The van der Waals surface area contributed by atoms with Crippen LogP contribution in [0.3, 0.4) is 0 Å². The standard InChI is InChI=1S/C27H38N2O8/c1-15-10-20(32)19(25-24(35)23(34)22(33)21(13-30)37-25)12-18(15)11-17-6-4-16(5-7-17)8-9-28-26(36)29-27(2,3)14-31/h4-7,10,12,21-25,30-35H,8-9,11,13-14H2,1-3H3,(H2,28,29,36)/t21-,22-,23+,24-,25+/m1/s1. The lowest BCUT2D eigenvalue weighted by Gasteiger charge is -2.40. The molecule has 2 amide bonds. The monoisotopic (exact) mass is 518 g/mol. The number of urea groups is 1. The smallest absolute Gasteiger partial charge is 0.315 e. The molecule has 0 unspecified atom stereocenters. The molecule has 8 N–H and O–H groups in total. The number of aryl methyl sites for hydroxylation is 1. The molecule has 2 aromatic rings. The topological polar surface area (TPSA) is 172 Å². The molecule has 10 heteroatoms. The number of phenolic OH excluding ortho intramolecular Hbond substituents is 1. The van der Waals surface area contributed by atoms with Crippen LogP contribution in [0.2, 0.25) is 0 Å². The largest absolute Gasteiger partial charge is 0.508 e. The third kappa shape index (κ3) is 7.19. The van der Waals surface area contributed by atoms with Gasteiger partial charge >= 0.3 is 6.03 Å². The fourth-order valence-electron chi connectivity index (χ4n) is 4.29. The van der Waals surface area contributed by atoms with Crippen LogP contribution in [0.4, 0.5) is 4.79 Å². The predicted molar refractivity (Wildman–Crippen MR) is 136 cm³/mol. The summed E-state index contributed by atoms with van der Waals surface area (Å²) in [5.41, 5.74) is 3.32. The quantitative estimate of drug-likeness (QED) is 0.236. The first-order valence-corrected chi connectivity index (χ1v) is 12.3. The second kappa shape index (κ2) is 12.2. The van der Waals surface area contributed by atoms with Gasteiger partial charge in [0, 0.05) is 12.1 Å². The first kappa shape index (κ1) is 28.8. The number of hydrogen-bond acceptors (Lipinski definition) is 8. The molecule has 0 bridgehead atoms. The van der Waals surface area contributed by atoms with Crippen LogP contribution in [0.5, 0.6) is 5.75 Å². The lowest BCUT2D eigenvalue weighted by atomic mass is 9.88. The van der Waals surface area contributed by atoms with Gasteiger partial charge in [-0.2, -0.15) is 0 Å². The molecule has 0 aliphatic carbocycles. The number of carbonyl (C=O) groups is 1. The number of benzene rings is 2. The van der Waals surface area contributed by atoms with Gasteiger partial charge in [-0.15, -0.1) is 0 Å². The number of phenols is 1. The minimum absolute atomic E-state index is 0.111. The Hall–Kier alpha value is -2.73. The van der Waals surface area contributed by atoms with Crippen molar-refractivity contribution < 1.29 is 40.2 Å². The van der Waals surface area contributed by atoms with Crippen LogP contribution in [-0.4, -0.2) is 86.4 Å². The average molecular weight is 519 g/mol. The summed E-state index contributed by atoms with van der Waals surface area (Å²) in [5, 5.41) is 65.4. The summed E-state index contributed by atoms with van der Waals surface area (Å²) in [4.78, 5) is 11.9. The van der Waals surface area contributed by atoms with Crippen molar-refractivity contribution in [3.63, 3.8) is 0 Å². The van der Waals surface area contributed by atoms with Gasteiger partial charge in [0.25, 0.3) is 0 Å². The number of nitrogens with one attached hydrogen (secondary N) is 2. The van der Waals surface area contributed by atoms with Crippen molar-refractivity contribution >= 4 is 6.03 Å². The molecule has 204 valence electrons. The van der Waals surface area contributed by atoms with Crippen LogP contribution in [0.15, 0.2) is 36.4 Å². The van der Waals surface area contributed by atoms with Gasteiger partial charge in [0.2, 0.25) is 0 Å². The lowest BCUT2D eigenvalue weighted by molar-refractivity contribution is -0.232. The number of ether oxygens (including phenoxy) is 1. The van der Waals surface area contributed by atoms with Crippen LogP contribution in [0.25, 0.3) is 0 Å². The van der Waals surface area contributed by atoms with Gasteiger partial charge in [0.05, 0.1) is 18.8 Å². The first-order chi connectivity index (χ1) is 17.5. The number of aliphatic hydroxyl groups excluding tert-OH is 5. The highest BCUT2D eigenvalue weighted by Crippen LogP contribution is 2.38. The highest BCUT2D eigenvalue weighted by atomic mass is 16.5. The van der Waals surface area contributed by atoms with E-state index in [0.717, 1.165) is 22.3 Å². The SMILES string of the molecule is Cc1cc(O)c([C@@H]2O[C@H](CO)[C@@H](O)[C@H](O)[C@H]2O)cc1Cc1ccc(CCNC(=O)NC(C)(C)CO)cc1. The molecule has 5 atom stereocenters. The van der Waals surface area contributed by atoms with Crippen molar-refractivity contribution in [2.45, 2.75) is 69.7 Å². The molecule has 1 fully saturated rings. The Kier molecular flexibility index (Phi) is 9.51. The second-order valence-corrected chi connectivity index (χ2v) is 10.3. The van der Waals surface area contributed by atoms with E-state index < -0.39 is 42.7 Å². The molecule has 3 rings (SSSR count). The average Bonchev–Trinajstić information content (AvgIpc) is 2.85. The molecular weight excluding hydrogens is 480 g/mol. The fraction of sp³-hybridized carbons (Fsp3) is 0.519. The van der Waals surface area contributed by atoms with Gasteiger partial charge in [-0.25, -0.2) is 4.79 Å². The van der Waals surface area contributed by atoms with Crippen LogP contribution in [-0.2, 0) is 17.6 Å². The zero-order valence-corrected chi connectivity index (χ0v) is 21.4. The Balaban J connectivity index is 1.66. The maximum absolute atomic E-state index is 11.9. The highest BCUT2D eigenvalue weighted by Gasteiger charge is 2.44. The number of amides is 2. The van der Waals surface area contributed by atoms with E-state index in [4.69, 9.17) is 4.74 Å². The summed E-state index contributed by atoms with van der Waals surface area (Å²) < 4.78 is 5.63. The Bertz CT molecular complexity index is 1060. The molecule has 0 saturated carbocycles. The van der Waals surface area contributed by atoms with E-state index in [0.29, 0.717) is 19.4 Å². The zero-order valence-electron chi connectivity index (χ0n) is 21.4. The molecule has 1 aliphatic rings. The van der Waals surface area contributed by atoms with E-state index in [-0.39, 0.29) is 24.0 Å². The summed E-state index contributed by atoms with van der Waals surface area (Å²) >= 11 is 0. The first-order valence-electron chi connectivity index (χ1n) is 12.3. The Morgan fingerprint density at radius 3 is 2.27 bits per heavy atom. The lowest BCUT2D eigenvalue weighted by Crippen LogP contribution is -2.55. The van der Waals surface area contributed by atoms with Crippen molar-refractivity contribution in [2.24, 2.45) is 0 Å². The molecule has 1 aliphatic heterocycles. The molecule has 0 radical (unpaired) electrons. The van der Waals surface area contributed by atoms with Gasteiger partial charge < -0.3 is 46.0 Å². The fourth-order valence-corrected chi connectivity index (χ4v) is 4.29. The van der Waals surface area contributed by atoms with Gasteiger partial charge in [0.15, 0.2) is 0 Å². The summed E-state index contributed by atoms with van der Waals surface area (Å²) in [6.07, 6.45) is -5.51. The minimum atomic E-state index is -1.53. The molecule has 1 heterocycles. The number of aromatic hydroxyl groups is 1. The Morgan fingerprint density at radius 2 is 1.65 bits per heavy atom. The van der Waals surface area contributed by atoms with Crippen molar-refractivity contribution in [3.05, 3.63) is 64.2 Å². The van der Waals surface area contributed by atoms with Gasteiger partial charge in [-0.05, 0) is 68.0 Å². The van der Waals surface area contributed by atoms with Crippen molar-refractivity contribution in [2.75, 3.05) is 19.8 Å². The minimum Gasteiger partial charge on any atom is -0.508 e. The van der Waals surface area contributed by atoms with Gasteiger partial charge in [0.1, 0.15) is 36.3 Å². The molecule has 37 heavy (non-hydrogen) atoms. The van der Waals surface area contributed by atoms with Crippen LogP contribution >= 0.6 is 0 Å². The second-order valence-electron chi connectivity index (χ2n) is 10.3. The van der Waals surface area contributed by atoms with Crippen molar-refractivity contribution in [1.82, 2.24) is 10.6 Å². The van der Waals surface area contributed by atoms with Crippen LogP contribution in [0.1, 0.15) is 47.8 Å². The molecular formula is C27H38N2O8. The van der Waals surface area contributed by atoms with E-state index in [1.54, 1.807) is 26.0 Å². The summed E-state index contributed by atoms with van der Waals surface area (Å²) in [5.74, 6) is -0.111. The maximum Gasteiger partial charge on any atom is 0.315 e. The predicted octanol–water partition coefficient (Wildman–Crippen LogP) is 0.419. The van der Waals surface area contributed by atoms with Crippen molar-refractivity contribution in [3.8, 4) is 5.75 Å². The summed E-state index contributed by atoms with van der Waals surface area (Å²) in [6.45, 7) is 5.05. The third-order valence-electron chi connectivity index (χ3n) is 6.65. The van der Waals surface area contributed by atoms with E-state index in [1.165, 1.54) is 0 Å². The van der Waals surface area contributed by atoms with Gasteiger partial charge in [-0.1, -0.05) is 24.3 Å². The molecule has 0 aromatic heterocycles. The van der Waals surface area contributed by atoms with Crippen LogP contribution in [0, 0.1) is 6.92 Å².